The van der Waals surface area contributed by atoms with Crippen molar-refractivity contribution in [2.24, 2.45) is 0 Å². The molecular formula is C12H24N2O2. The normalized spacial score (nSPS) is 25.6. The van der Waals surface area contributed by atoms with Crippen LogP contribution < -0.4 is 0 Å². The van der Waals surface area contributed by atoms with E-state index in [4.69, 9.17) is 5.11 Å². The van der Waals surface area contributed by atoms with Crippen LogP contribution in [-0.2, 0) is 4.79 Å². The molecule has 0 aromatic rings. The molecule has 0 saturated carbocycles. The lowest BCUT2D eigenvalue weighted by Crippen LogP contribution is -2.48. The van der Waals surface area contributed by atoms with E-state index in [-0.39, 0.29) is 18.6 Å². The molecule has 0 aromatic heterocycles. The number of hydrogen-bond acceptors (Lipinski definition) is 3. The second-order valence-electron chi connectivity index (χ2n) is 4.64. The smallest absolute Gasteiger partial charge is 0.239 e. The summed E-state index contributed by atoms with van der Waals surface area (Å²) in [5.41, 5.74) is 0. The quantitative estimate of drug-likeness (QED) is 0.770. The first-order valence-corrected chi connectivity index (χ1v) is 6.23. The lowest BCUT2D eigenvalue weighted by atomic mass is 10.1. The van der Waals surface area contributed by atoms with Crippen LogP contribution in [0.25, 0.3) is 0 Å². The highest BCUT2D eigenvalue weighted by atomic mass is 16.3. The number of carbonyl (C=O) groups excluding carboxylic acids is 1. The zero-order valence-corrected chi connectivity index (χ0v) is 10.6. The Morgan fingerprint density at radius 2 is 2.19 bits per heavy atom. The standard InChI is InChI=1S/C12H24N2O2/c1-4-10(2)14-8-5-7-13(3)12(16)11(14)6-9-15/h10-11,15H,4-9H2,1-3H3. The van der Waals surface area contributed by atoms with E-state index in [2.05, 4.69) is 18.7 Å². The molecule has 1 saturated heterocycles. The maximum Gasteiger partial charge on any atom is 0.239 e. The Morgan fingerprint density at radius 3 is 2.75 bits per heavy atom. The number of likely N-dealkylation sites (N-methyl/N-ethyl adjacent to an activating group) is 1. The van der Waals surface area contributed by atoms with Crippen molar-refractivity contribution in [2.45, 2.75) is 45.2 Å². The van der Waals surface area contributed by atoms with E-state index in [0.717, 1.165) is 25.9 Å². The van der Waals surface area contributed by atoms with Gasteiger partial charge in [-0.3, -0.25) is 9.69 Å². The van der Waals surface area contributed by atoms with E-state index in [1.807, 2.05) is 7.05 Å². The molecule has 1 aliphatic heterocycles. The third-order valence-electron chi connectivity index (χ3n) is 3.53. The molecule has 0 aromatic carbocycles. The van der Waals surface area contributed by atoms with Crippen LogP contribution in [0.5, 0.6) is 0 Å². The summed E-state index contributed by atoms with van der Waals surface area (Å²) in [6.45, 7) is 6.16. The summed E-state index contributed by atoms with van der Waals surface area (Å²) in [5, 5.41) is 9.09. The second-order valence-corrected chi connectivity index (χ2v) is 4.64. The Bertz CT molecular complexity index is 233. The Balaban J connectivity index is 2.81. The molecule has 2 atom stereocenters. The summed E-state index contributed by atoms with van der Waals surface area (Å²) in [6.07, 6.45) is 2.61. The Labute approximate surface area is 98.2 Å². The maximum absolute atomic E-state index is 12.1. The van der Waals surface area contributed by atoms with Crippen molar-refractivity contribution in [3.8, 4) is 0 Å². The number of aliphatic hydroxyl groups is 1. The average molecular weight is 228 g/mol. The third-order valence-corrected chi connectivity index (χ3v) is 3.53. The molecule has 1 heterocycles. The fourth-order valence-electron chi connectivity index (χ4n) is 2.33. The summed E-state index contributed by atoms with van der Waals surface area (Å²) in [6, 6.07) is 0.277. The average Bonchev–Trinajstić information content (AvgIpc) is 2.42. The molecule has 4 nitrogen and oxygen atoms in total. The molecule has 1 rings (SSSR count). The molecule has 0 bridgehead atoms. The van der Waals surface area contributed by atoms with Gasteiger partial charge >= 0.3 is 0 Å². The SMILES string of the molecule is CCC(C)N1CCCN(C)C(=O)C1CCO. The van der Waals surface area contributed by atoms with E-state index in [1.165, 1.54) is 0 Å². The van der Waals surface area contributed by atoms with Crippen molar-refractivity contribution in [3.63, 3.8) is 0 Å². The monoisotopic (exact) mass is 228 g/mol. The van der Waals surface area contributed by atoms with Crippen LogP contribution >= 0.6 is 0 Å². The number of aliphatic hydroxyl groups excluding tert-OH is 1. The minimum Gasteiger partial charge on any atom is -0.396 e. The zero-order chi connectivity index (χ0) is 12.1. The van der Waals surface area contributed by atoms with Crippen molar-refractivity contribution in [2.75, 3.05) is 26.7 Å². The van der Waals surface area contributed by atoms with Gasteiger partial charge in [0.05, 0.1) is 6.04 Å². The van der Waals surface area contributed by atoms with Gasteiger partial charge in [0, 0.05) is 32.8 Å². The van der Waals surface area contributed by atoms with Crippen molar-refractivity contribution < 1.29 is 9.90 Å². The van der Waals surface area contributed by atoms with Gasteiger partial charge in [0.1, 0.15) is 0 Å². The van der Waals surface area contributed by atoms with Crippen molar-refractivity contribution in [3.05, 3.63) is 0 Å². The molecule has 94 valence electrons. The van der Waals surface area contributed by atoms with Crippen LogP contribution in [0, 0.1) is 0 Å². The highest BCUT2D eigenvalue weighted by Crippen LogP contribution is 2.17. The molecule has 1 amide bonds. The van der Waals surface area contributed by atoms with Gasteiger partial charge in [0.15, 0.2) is 0 Å². The number of rotatable bonds is 4. The van der Waals surface area contributed by atoms with Gasteiger partial charge in [-0.15, -0.1) is 0 Å². The van der Waals surface area contributed by atoms with Crippen molar-refractivity contribution >= 4 is 5.91 Å². The van der Waals surface area contributed by atoms with Crippen LogP contribution in [0.15, 0.2) is 0 Å². The largest absolute Gasteiger partial charge is 0.396 e. The first-order chi connectivity index (χ1) is 7.61. The summed E-state index contributed by atoms with van der Waals surface area (Å²) in [7, 11) is 1.85. The van der Waals surface area contributed by atoms with Gasteiger partial charge in [-0.05, 0) is 26.2 Å². The van der Waals surface area contributed by atoms with Crippen LogP contribution in [0.2, 0.25) is 0 Å². The van der Waals surface area contributed by atoms with E-state index in [1.54, 1.807) is 4.90 Å². The van der Waals surface area contributed by atoms with Crippen molar-refractivity contribution in [1.29, 1.82) is 0 Å². The predicted molar refractivity (Wildman–Crippen MR) is 64.2 cm³/mol. The Morgan fingerprint density at radius 1 is 1.50 bits per heavy atom. The molecule has 1 aliphatic rings. The zero-order valence-electron chi connectivity index (χ0n) is 10.6. The molecule has 0 radical (unpaired) electrons. The highest BCUT2D eigenvalue weighted by molar-refractivity contribution is 5.81. The van der Waals surface area contributed by atoms with Gasteiger partial charge in [-0.2, -0.15) is 0 Å². The second kappa shape index (κ2) is 6.21. The van der Waals surface area contributed by atoms with E-state index in [0.29, 0.717) is 12.5 Å². The Hall–Kier alpha value is -0.610. The summed E-state index contributed by atoms with van der Waals surface area (Å²) >= 11 is 0. The molecule has 16 heavy (non-hydrogen) atoms. The van der Waals surface area contributed by atoms with Gasteiger partial charge < -0.3 is 10.0 Å². The van der Waals surface area contributed by atoms with Crippen LogP contribution in [0.3, 0.4) is 0 Å². The molecular weight excluding hydrogens is 204 g/mol. The highest BCUT2D eigenvalue weighted by Gasteiger charge is 2.32. The topological polar surface area (TPSA) is 43.8 Å². The summed E-state index contributed by atoms with van der Waals surface area (Å²) < 4.78 is 0. The molecule has 0 aliphatic carbocycles. The third kappa shape index (κ3) is 2.95. The molecule has 4 heteroatoms. The van der Waals surface area contributed by atoms with Gasteiger partial charge in [-0.1, -0.05) is 6.92 Å². The van der Waals surface area contributed by atoms with Crippen LogP contribution in [0.1, 0.15) is 33.1 Å². The fourth-order valence-corrected chi connectivity index (χ4v) is 2.33. The Kier molecular flexibility index (Phi) is 5.22. The molecule has 1 fully saturated rings. The van der Waals surface area contributed by atoms with Crippen molar-refractivity contribution in [1.82, 2.24) is 9.80 Å². The lowest BCUT2D eigenvalue weighted by Gasteiger charge is -2.33. The maximum atomic E-state index is 12.1. The first-order valence-electron chi connectivity index (χ1n) is 6.23. The van der Waals surface area contributed by atoms with Gasteiger partial charge in [0.25, 0.3) is 0 Å². The number of hydrogen-bond donors (Lipinski definition) is 1. The molecule has 2 unspecified atom stereocenters. The number of carbonyl (C=O) groups is 1. The molecule has 0 spiro atoms. The fraction of sp³-hybridized carbons (Fsp3) is 0.917. The van der Waals surface area contributed by atoms with Crippen LogP contribution in [0.4, 0.5) is 0 Å². The van der Waals surface area contributed by atoms with E-state index in [9.17, 15) is 4.79 Å². The van der Waals surface area contributed by atoms with E-state index < -0.39 is 0 Å². The minimum absolute atomic E-state index is 0.0805. The predicted octanol–water partition coefficient (Wildman–Crippen LogP) is 0.700. The summed E-state index contributed by atoms with van der Waals surface area (Å²) in [4.78, 5) is 16.2. The van der Waals surface area contributed by atoms with Crippen LogP contribution in [-0.4, -0.2) is 59.6 Å². The summed E-state index contributed by atoms with van der Waals surface area (Å²) in [5.74, 6) is 0.159. The van der Waals surface area contributed by atoms with Gasteiger partial charge in [-0.25, -0.2) is 0 Å². The number of nitrogens with zero attached hydrogens (tertiary/aromatic N) is 2. The molecule has 1 N–H and O–H groups in total. The first kappa shape index (κ1) is 13.5. The lowest BCUT2D eigenvalue weighted by molar-refractivity contribution is -0.135. The minimum atomic E-state index is -0.132. The van der Waals surface area contributed by atoms with E-state index >= 15 is 0 Å². The van der Waals surface area contributed by atoms with Gasteiger partial charge in [0.2, 0.25) is 5.91 Å². The number of amides is 1.